The predicted molar refractivity (Wildman–Crippen MR) is 66.2 cm³/mol. The third kappa shape index (κ3) is 4.34. The van der Waals surface area contributed by atoms with Crippen molar-refractivity contribution in [3.8, 4) is 0 Å². The highest BCUT2D eigenvalue weighted by molar-refractivity contribution is 9.09. The van der Waals surface area contributed by atoms with E-state index in [9.17, 15) is 12.8 Å². The Hall–Kier alpha value is -0.500. The monoisotopic (exact) mass is 325 g/mol. The summed E-state index contributed by atoms with van der Waals surface area (Å²) >= 11 is 3.18. The number of methoxy groups -OCH3 is 1. The molecule has 0 aliphatic rings. The van der Waals surface area contributed by atoms with Crippen molar-refractivity contribution in [2.45, 2.75) is 10.9 Å². The smallest absolute Gasteiger partial charge is 0.241 e. The molecule has 1 unspecified atom stereocenters. The van der Waals surface area contributed by atoms with Crippen LogP contribution in [-0.2, 0) is 14.8 Å². The number of ether oxygens (including phenoxy) is 1. The van der Waals surface area contributed by atoms with E-state index in [1.165, 1.54) is 25.3 Å². The Balaban J connectivity index is 2.88. The molecule has 1 aromatic carbocycles. The van der Waals surface area contributed by atoms with Crippen molar-refractivity contribution < 1.29 is 17.5 Å². The van der Waals surface area contributed by atoms with Gasteiger partial charge in [0.1, 0.15) is 5.82 Å². The molecule has 7 heteroatoms. The van der Waals surface area contributed by atoms with Gasteiger partial charge in [-0.05, 0) is 18.2 Å². The van der Waals surface area contributed by atoms with Crippen LogP contribution in [0.4, 0.5) is 4.39 Å². The van der Waals surface area contributed by atoms with Crippen LogP contribution >= 0.6 is 15.9 Å². The molecule has 0 saturated heterocycles. The first kappa shape index (κ1) is 14.6. The number of benzene rings is 1. The van der Waals surface area contributed by atoms with Gasteiger partial charge in [-0.1, -0.05) is 22.0 Å². The van der Waals surface area contributed by atoms with Gasteiger partial charge >= 0.3 is 0 Å². The summed E-state index contributed by atoms with van der Waals surface area (Å²) in [6.45, 7) is 0.236. The van der Waals surface area contributed by atoms with Gasteiger partial charge in [0.2, 0.25) is 10.0 Å². The van der Waals surface area contributed by atoms with Crippen LogP contribution < -0.4 is 4.72 Å². The second-order valence-corrected chi connectivity index (χ2v) is 5.75. The summed E-state index contributed by atoms with van der Waals surface area (Å²) in [5.41, 5.74) is 0. The molecule has 0 saturated carbocycles. The molecule has 4 nitrogen and oxygen atoms in total. The molecule has 0 radical (unpaired) electrons. The maximum Gasteiger partial charge on any atom is 0.241 e. The standard InChI is InChI=1S/C10H13BrFNO3S/c1-16-7-9(6-11)13-17(14,15)10-4-2-3-8(12)5-10/h2-5,9,13H,6-7H2,1H3. The number of hydrogen-bond donors (Lipinski definition) is 1. The van der Waals surface area contributed by atoms with E-state index in [0.29, 0.717) is 5.33 Å². The van der Waals surface area contributed by atoms with Crippen molar-refractivity contribution in [3.05, 3.63) is 30.1 Å². The lowest BCUT2D eigenvalue weighted by Crippen LogP contribution is -2.39. The zero-order valence-electron chi connectivity index (χ0n) is 9.19. The average Bonchev–Trinajstić information content (AvgIpc) is 2.28. The summed E-state index contributed by atoms with van der Waals surface area (Å²) in [5, 5.41) is 0.412. The van der Waals surface area contributed by atoms with Crippen molar-refractivity contribution in [2.75, 3.05) is 19.0 Å². The zero-order valence-corrected chi connectivity index (χ0v) is 11.6. The molecule has 1 atom stereocenters. The minimum Gasteiger partial charge on any atom is -0.383 e. The van der Waals surface area contributed by atoms with E-state index >= 15 is 0 Å². The molecule has 0 heterocycles. The van der Waals surface area contributed by atoms with Gasteiger partial charge in [0.05, 0.1) is 17.5 Å². The largest absolute Gasteiger partial charge is 0.383 e. The Labute approximate surface area is 108 Å². The fraction of sp³-hybridized carbons (Fsp3) is 0.400. The number of halogens is 2. The van der Waals surface area contributed by atoms with E-state index in [1.54, 1.807) is 0 Å². The number of alkyl halides is 1. The first-order chi connectivity index (χ1) is 7.99. The van der Waals surface area contributed by atoms with Crippen LogP contribution in [0.5, 0.6) is 0 Å². The van der Waals surface area contributed by atoms with Gasteiger partial charge in [-0.2, -0.15) is 0 Å². The number of hydrogen-bond acceptors (Lipinski definition) is 3. The van der Waals surface area contributed by atoms with Gasteiger partial charge < -0.3 is 4.74 Å². The van der Waals surface area contributed by atoms with E-state index in [2.05, 4.69) is 20.7 Å². The van der Waals surface area contributed by atoms with E-state index in [-0.39, 0.29) is 11.5 Å². The summed E-state index contributed by atoms with van der Waals surface area (Å²) in [4.78, 5) is -0.0976. The van der Waals surface area contributed by atoms with E-state index in [4.69, 9.17) is 4.74 Å². The van der Waals surface area contributed by atoms with Crippen LogP contribution in [0.2, 0.25) is 0 Å². The summed E-state index contributed by atoms with van der Waals surface area (Å²) in [7, 11) is -2.24. The quantitative estimate of drug-likeness (QED) is 0.807. The normalized spacial score (nSPS) is 13.6. The molecule has 1 aromatic rings. The van der Waals surface area contributed by atoms with Gasteiger partial charge in [-0.15, -0.1) is 0 Å². The summed E-state index contributed by atoms with van der Waals surface area (Å²) in [6, 6.07) is 4.46. The van der Waals surface area contributed by atoms with Crippen LogP contribution in [0.3, 0.4) is 0 Å². The summed E-state index contributed by atoms with van der Waals surface area (Å²) in [5.74, 6) is -0.588. The minimum absolute atomic E-state index is 0.0976. The van der Waals surface area contributed by atoms with Crippen molar-refractivity contribution >= 4 is 26.0 Å². The lowest BCUT2D eigenvalue weighted by molar-refractivity contribution is 0.182. The number of nitrogens with one attached hydrogen (secondary N) is 1. The van der Waals surface area contributed by atoms with Gasteiger partial charge in [-0.3, -0.25) is 0 Å². The van der Waals surface area contributed by atoms with Crippen molar-refractivity contribution in [3.63, 3.8) is 0 Å². The second kappa shape index (κ2) is 6.44. The Morgan fingerprint density at radius 1 is 1.53 bits per heavy atom. The molecule has 0 amide bonds. The molecule has 0 aromatic heterocycles. The Morgan fingerprint density at radius 3 is 2.76 bits per heavy atom. The van der Waals surface area contributed by atoms with E-state index in [1.807, 2.05) is 0 Å². The fourth-order valence-corrected chi connectivity index (χ4v) is 3.05. The molecule has 1 rings (SSSR count). The van der Waals surface area contributed by atoms with Gasteiger partial charge in [0, 0.05) is 12.4 Å². The number of rotatable bonds is 6. The molecular formula is C10H13BrFNO3S. The molecule has 0 aliphatic carbocycles. The molecule has 96 valence electrons. The molecule has 0 aliphatic heterocycles. The SMILES string of the molecule is COCC(CBr)NS(=O)(=O)c1cccc(F)c1. The second-order valence-electron chi connectivity index (χ2n) is 3.39. The summed E-state index contributed by atoms with van der Waals surface area (Å²) in [6.07, 6.45) is 0. The number of sulfonamides is 1. The van der Waals surface area contributed by atoms with Crippen LogP contribution in [0.25, 0.3) is 0 Å². The fourth-order valence-electron chi connectivity index (χ4n) is 1.23. The minimum atomic E-state index is -3.72. The highest BCUT2D eigenvalue weighted by Gasteiger charge is 2.19. The molecule has 0 spiro atoms. The molecule has 0 fully saturated rings. The van der Waals surface area contributed by atoms with Crippen molar-refractivity contribution in [1.29, 1.82) is 0 Å². The van der Waals surface area contributed by atoms with Crippen LogP contribution in [0, 0.1) is 5.82 Å². The Bertz CT molecular complexity index is 466. The van der Waals surface area contributed by atoms with Crippen molar-refractivity contribution in [1.82, 2.24) is 4.72 Å². The van der Waals surface area contributed by atoms with Crippen molar-refractivity contribution in [2.24, 2.45) is 0 Å². The highest BCUT2D eigenvalue weighted by atomic mass is 79.9. The summed E-state index contributed by atoms with van der Waals surface area (Å²) < 4.78 is 44.0. The predicted octanol–water partition coefficient (Wildman–Crippen LogP) is 1.51. The Kier molecular flexibility index (Phi) is 5.51. The zero-order chi connectivity index (χ0) is 12.9. The third-order valence-corrected chi connectivity index (χ3v) is 4.28. The third-order valence-electron chi connectivity index (χ3n) is 1.98. The topological polar surface area (TPSA) is 55.4 Å². The van der Waals surface area contributed by atoms with Gasteiger partial charge in [-0.25, -0.2) is 17.5 Å². The molecular weight excluding hydrogens is 313 g/mol. The molecule has 17 heavy (non-hydrogen) atoms. The van der Waals surface area contributed by atoms with E-state index in [0.717, 1.165) is 6.07 Å². The first-order valence-electron chi connectivity index (χ1n) is 4.82. The lowest BCUT2D eigenvalue weighted by Gasteiger charge is -2.15. The highest BCUT2D eigenvalue weighted by Crippen LogP contribution is 2.11. The van der Waals surface area contributed by atoms with Gasteiger partial charge in [0.25, 0.3) is 0 Å². The lowest BCUT2D eigenvalue weighted by atomic mass is 10.4. The maximum atomic E-state index is 12.9. The van der Waals surface area contributed by atoms with Gasteiger partial charge in [0.15, 0.2) is 0 Å². The Morgan fingerprint density at radius 2 is 2.24 bits per heavy atom. The van der Waals surface area contributed by atoms with Crippen LogP contribution in [0.1, 0.15) is 0 Å². The first-order valence-corrected chi connectivity index (χ1v) is 7.43. The average molecular weight is 326 g/mol. The molecule has 0 bridgehead atoms. The van der Waals surface area contributed by atoms with E-state index < -0.39 is 21.9 Å². The maximum absolute atomic E-state index is 12.9. The molecule has 1 N–H and O–H groups in total. The van der Waals surface area contributed by atoms with Crippen LogP contribution in [-0.4, -0.2) is 33.5 Å². The van der Waals surface area contributed by atoms with Crippen LogP contribution in [0.15, 0.2) is 29.2 Å².